The summed E-state index contributed by atoms with van der Waals surface area (Å²) < 4.78 is 31.9. The number of rotatable bonds is 6. The number of methoxy groups -OCH3 is 1. The Labute approximate surface area is 121 Å². The summed E-state index contributed by atoms with van der Waals surface area (Å²) in [6.07, 6.45) is 0. The molecule has 0 fully saturated rings. The third-order valence-electron chi connectivity index (χ3n) is 2.93. The van der Waals surface area contributed by atoms with Gasteiger partial charge in [-0.3, -0.25) is 0 Å². The molecule has 0 amide bonds. The summed E-state index contributed by atoms with van der Waals surface area (Å²) in [5.74, 6) is 0.728. The second-order valence-electron chi connectivity index (χ2n) is 5.47. The zero-order chi connectivity index (χ0) is 15.5. The van der Waals surface area contributed by atoms with Crippen LogP contribution in [0, 0.1) is 5.92 Å². The Kier molecular flexibility index (Phi) is 5.42. The van der Waals surface area contributed by atoms with E-state index in [4.69, 9.17) is 10.5 Å². The highest BCUT2D eigenvalue weighted by molar-refractivity contribution is 7.89. The van der Waals surface area contributed by atoms with Gasteiger partial charge in [0.1, 0.15) is 5.75 Å². The molecule has 0 atom stereocenters. The minimum Gasteiger partial charge on any atom is -0.495 e. The molecule has 0 heterocycles. The van der Waals surface area contributed by atoms with Crippen LogP contribution in [0.5, 0.6) is 5.75 Å². The fourth-order valence-corrected chi connectivity index (χ4v) is 3.79. The maximum Gasteiger partial charge on any atom is 0.243 e. The van der Waals surface area contributed by atoms with Crippen LogP contribution in [0.1, 0.15) is 27.7 Å². The van der Waals surface area contributed by atoms with E-state index in [0.717, 1.165) is 0 Å². The summed E-state index contributed by atoms with van der Waals surface area (Å²) in [6, 6.07) is 4.45. The highest BCUT2D eigenvalue weighted by atomic mass is 32.2. The van der Waals surface area contributed by atoms with Crippen molar-refractivity contribution in [3.63, 3.8) is 0 Å². The fraction of sp³-hybridized carbons (Fsp3) is 0.571. The molecule has 20 heavy (non-hydrogen) atoms. The molecule has 114 valence electrons. The fourth-order valence-electron chi connectivity index (χ4n) is 1.95. The Bertz CT molecular complexity index is 554. The van der Waals surface area contributed by atoms with E-state index in [9.17, 15) is 8.42 Å². The lowest BCUT2D eigenvalue weighted by Gasteiger charge is -2.27. The maximum absolute atomic E-state index is 12.7. The molecule has 0 aliphatic rings. The van der Waals surface area contributed by atoms with Gasteiger partial charge in [0.25, 0.3) is 0 Å². The van der Waals surface area contributed by atoms with Gasteiger partial charge in [-0.2, -0.15) is 4.31 Å². The zero-order valence-electron chi connectivity index (χ0n) is 12.8. The van der Waals surface area contributed by atoms with Crippen LogP contribution in [0.4, 0.5) is 5.69 Å². The first-order chi connectivity index (χ1) is 9.20. The van der Waals surface area contributed by atoms with E-state index in [-0.39, 0.29) is 16.9 Å². The summed E-state index contributed by atoms with van der Waals surface area (Å²) in [5, 5.41) is 0. The first-order valence-corrected chi connectivity index (χ1v) is 8.09. The van der Waals surface area contributed by atoms with Gasteiger partial charge < -0.3 is 10.5 Å². The molecule has 1 aromatic rings. The average Bonchev–Trinajstić information content (AvgIpc) is 2.35. The van der Waals surface area contributed by atoms with E-state index < -0.39 is 10.0 Å². The monoisotopic (exact) mass is 300 g/mol. The quantitative estimate of drug-likeness (QED) is 0.818. The van der Waals surface area contributed by atoms with Crippen LogP contribution in [-0.2, 0) is 10.0 Å². The topological polar surface area (TPSA) is 72.6 Å². The molecule has 0 spiro atoms. The van der Waals surface area contributed by atoms with E-state index in [1.807, 2.05) is 27.7 Å². The molecule has 1 rings (SSSR count). The molecule has 2 N–H and O–H groups in total. The normalized spacial score (nSPS) is 12.4. The van der Waals surface area contributed by atoms with Gasteiger partial charge in [0.05, 0.1) is 17.7 Å². The molecular formula is C14H24N2O3S. The van der Waals surface area contributed by atoms with Gasteiger partial charge in [-0.1, -0.05) is 13.8 Å². The predicted molar refractivity (Wildman–Crippen MR) is 81.3 cm³/mol. The number of nitrogen functional groups attached to an aromatic ring is 1. The van der Waals surface area contributed by atoms with Crippen molar-refractivity contribution in [2.75, 3.05) is 19.4 Å². The number of nitrogens with two attached hydrogens (primary N) is 1. The summed E-state index contributed by atoms with van der Waals surface area (Å²) in [5.41, 5.74) is 6.12. The minimum atomic E-state index is -3.55. The number of benzene rings is 1. The number of ether oxygens (including phenoxy) is 1. The molecule has 0 unspecified atom stereocenters. The van der Waals surface area contributed by atoms with Gasteiger partial charge in [0.2, 0.25) is 10.0 Å². The highest BCUT2D eigenvalue weighted by Crippen LogP contribution is 2.27. The molecule has 0 saturated carbocycles. The van der Waals surface area contributed by atoms with Crippen molar-refractivity contribution < 1.29 is 13.2 Å². The van der Waals surface area contributed by atoms with Crippen LogP contribution in [0.25, 0.3) is 0 Å². The lowest BCUT2D eigenvalue weighted by Crippen LogP contribution is -2.39. The highest BCUT2D eigenvalue weighted by Gasteiger charge is 2.28. The average molecular weight is 300 g/mol. The molecule has 6 heteroatoms. The SMILES string of the molecule is COc1ccc(S(=O)(=O)N(CC(C)C)C(C)C)cc1N. The van der Waals surface area contributed by atoms with E-state index in [0.29, 0.717) is 18.0 Å². The van der Waals surface area contributed by atoms with E-state index >= 15 is 0 Å². The van der Waals surface area contributed by atoms with Crippen molar-refractivity contribution in [3.8, 4) is 5.75 Å². The predicted octanol–water partition coefficient (Wildman–Crippen LogP) is 2.33. The third-order valence-corrected chi connectivity index (χ3v) is 4.97. The molecule has 0 bridgehead atoms. The largest absolute Gasteiger partial charge is 0.495 e. The zero-order valence-corrected chi connectivity index (χ0v) is 13.6. The van der Waals surface area contributed by atoms with Crippen molar-refractivity contribution in [2.24, 2.45) is 5.92 Å². The third kappa shape index (κ3) is 3.64. The number of sulfonamides is 1. The van der Waals surface area contributed by atoms with E-state index in [2.05, 4.69) is 0 Å². The summed E-state index contributed by atoms with van der Waals surface area (Å²) in [7, 11) is -2.05. The van der Waals surface area contributed by atoms with E-state index in [1.165, 1.54) is 23.5 Å². The van der Waals surface area contributed by atoms with Gasteiger partial charge in [-0.15, -0.1) is 0 Å². The molecule has 5 nitrogen and oxygen atoms in total. The Morgan fingerprint density at radius 2 is 1.85 bits per heavy atom. The first kappa shape index (κ1) is 16.8. The number of nitrogens with zero attached hydrogens (tertiary/aromatic N) is 1. The van der Waals surface area contributed by atoms with Crippen LogP contribution in [-0.4, -0.2) is 32.4 Å². The van der Waals surface area contributed by atoms with Crippen molar-refractivity contribution >= 4 is 15.7 Å². The number of hydrogen-bond acceptors (Lipinski definition) is 4. The summed E-state index contributed by atoms with van der Waals surface area (Å²) in [4.78, 5) is 0.199. The second-order valence-corrected chi connectivity index (χ2v) is 7.36. The number of anilines is 1. The van der Waals surface area contributed by atoms with Crippen molar-refractivity contribution in [1.82, 2.24) is 4.31 Å². The second kappa shape index (κ2) is 6.45. The van der Waals surface area contributed by atoms with Crippen molar-refractivity contribution in [3.05, 3.63) is 18.2 Å². The molecule has 0 radical (unpaired) electrons. The lowest BCUT2D eigenvalue weighted by molar-refractivity contribution is 0.319. The van der Waals surface area contributed by atoms with Gasteiger partial charge in [0.15, 0.2) is 0 Å². The van der Waals surface area contributed by atoms with Crippen molar-refractivity contribution in [2.45, 2.75) is 38.6 Å². The Morgan fingerprint density at radius 1 is 1.25 bits per heavy atom. The van der Waals surface area contributed by atoms with Gasteiger partial charge in [-0.05, 0) is 38.0 Å². The summed E-state index contributed by atoms with van der Waals surface area (Å²) in [6.45, 7) is 8.20. The Morgan fingerprint density at radius 3 is 2.25 bits per heavy atom. The Hall–Kier alpha value is -1.27. The molecule has 0 aliphatic heterocycles. The first-order valence-electron chi connectivity index (χ1n) is 6.65. The van der Waals surface area contributed by atoms with Crippen LogP contribution >= 0.6 is 0 Å². The number of hydrogen-bond donors (Lipinski definition) is 1. The van der Waals surface area contributed by atoms with Crippen molar-refractivity contribution in [1.29, 1.82) is 0 Å². The van der Waals surface area contributed by atoms with Crippen LogP contribution in [0.2, 0.25) is 0 Å². The van der Waals surface area contributed by atoms with Crippen LogP contribution in [0.3, 0.4) is 0 Å². The van der Waals surface area contributed by atoms with Crippen LogP contribution in [0.15, 0.2) is 23.1 Å². The van der Waals surface area contributed by atoms with Gasteiger partial charge in [0, 0.05) is 12.6 Å². The molecular weight excluding hydrogens is 276 g/mol. The van der Waals surface area contributed by atoms with Gasteiger partial charge >= 0.3 is 0 Å². The van der Waals surface area contributed by atoms with E-state index in [1.54, 1.807) is 6.07 Å². The minimum absolute atomic E-state index is 0.106. The molecule has 0 aliphatic carbocycles. The van der Waals surface area contributed by atoms with Gasteiger partial charge in [-0.25, -0.2) is 8.42 Å². The lowest BCUT2D eigenvalue weighted by atomic mass is 10.2. The smallest absolute Gasteiger partial charge is 0.243 e. The molecule has 0 saturated heterocycles. The standard InChI is InChI=1S/C14H24N2O3S/c1-10(2)9-16(11(3)4)20(17,18)12-6-7-14(19-5)13(15)8-12/h6-8,10-11H,9,15H2,1-5H3. The maximum atomic E-state index is 12.7. The Balaban J connectivity index is 3.23. The van der Waals surface area contributed by atoms with Crippen LogP contribution < -0.4 is 10.5 Å². The summed E-state index contributed by atoms with van der Waals surface area (Å²) >= 11 is 0. The molecule has 0 aromatic heterocycles. The molecule has 1 aromatic carbocycles.